The van der Waals surface area contributed by atoms with Gasteiger partial charge < -0.3 is 4.57 Å². The molecule has 4 nitrogen and oxygen atoms in total. The molecule has 0 saturated carbocycles. The number of aryl methyl sites for hydroxylation is 3. The smallest absolute Gasteiger partial charge is 0.236 e. The minimum atomic E-state index is 0.0678. The molecule has 7 heteroatoms. The maximum atomic E-state index is 13.0. The number of hydrogen-bond donors (Lipinski definition) is 0. The van der Waals surface area contributed by atoms with E-state index in [2.05, 4.69) is 51.8 Å². The number of imidazole rings is 1. The van der Waals surface area contributed by atoms with Gasteiger partial charge in [0, 0.05) is 24.7 Å². The zero-order valence-electron chi connectivity index (χ0n) is 16.2. The van der Waals surface area contributed by atoms with Crippen molar-refractivity contribution in [2.45, 2.75) is 44.7 Å². The summed E-state index contributed by atoms with van der Waals surface area (Å²) in [5.41, 5.74) is 5.58. The molecule has 0 unspecified atom stereocenters. The lowest BCUT2D eigenvalue weighted by atomic mass is 10.0. The summed E-state index contributed by atoms with van der Waals surface area (Å²) >= 11 is 14.3. The van der Waals surface area contributed by atoms with Crippen LogP contribution in [0.1, 0.15) is 41.4 Å². The van der Waals surface area contributed by atoms with Crippen LogP contribution in [0.4, 0.5) is 0 Å². The molecule has 0 bridgehead atoms. The van der Waals surface area contributed by atoms with Gasteiger partial charge in [-0.2, -0.15) is 0 Å². The van der Waals surface area contributed by atoms with Gasteiger partial charge in [-0.15, -0.1) is 0 Å². The van der Waals surface area contributed by atoms with Gasteiger partial charge in [0.05, 0.1) is 51.1 Å². The van der Waals surface area contributed by atoms with Gasteiger partial charge in [0.1, 0.15) is 5.82 Å². The van der Waals surface area contributed by atoms with Crippen LogP contribution in [0.5, 0.6) is 0 Å². The van der Waals surface area contributed by atoms with Crippen molar-refractivity contribution in [3.05, 3.63) is 75.2 Å². The Morgan fingerprint density at radius 3 is 2.83 bits per heavy atom. The Hall–Kier alpha value is -1.57. The van der Waals surface area contributed by atoms with Crippen LogP contribution in [-0.2, 0) is 30.6 Å². The molecule has 2 heterocycles. The SMILES string of the molecule is O=C(Cc1ccc(Cl)c(Cl)c1)N(I)[C@@H]1CCc2ccc(-c3cn4c(n3)CCC4)cc21. The average molecular weight is 552 g/mol. The van der Waals surface area contributed by atoms with E-state index in [1.165, 1.54) is 23.4 Å². The van der Waals surface area contributed by atoms with Crippen molar-refractivity contribution < 1.29 is 4.79 Å². The van der Waals surface area contributed by atoms with Gasteiger partial charge in [-0.25, -0.2) is 4.98 Å². The quantitative estimate of drug-likeness (QED) is 0.285. The molecule has 0 fully saturated rings. The zero-order valence-corrected chi connectivity index (χ0v) is 19.9. The highest BCUT2D eigenvalue weighted by atomic mass is 127. The maximum Gasteiger partial charge on any atom is 0.236 e. The van der Waals surface area contributed by atoms with Gasteiger partial charge in [-0.05, 0) is 54.2 Å². The fourth-order valence-electron chi connectivity index (χ4n) is 4.44. The van der Waals surface area contributed by atoms with Gasteiger partial charge in [-0.3, -0.25) is 7.91 Å². The second-order valence-corrected chi connectivity index (χ2v) is 9.79. The number of carbonyl (C=O) groups excluding carboxylic acids is 1. The summed E-state index contributed by atoms with van der Waals surface area (Å²) in [6, 6.07) is 12.0. The Morgan fingerprint density at radius 2 is 2.03 bits per heavy atom. The summed E-state index contributed by atoms with van der Waals surface area (Å²) in [4.78, 5) is 17.8. The summed E-state index contributed by atoms with van der Waals surface area (Å²) in [6.45, 7) is 1.06. The van der Waals surface area contributed by atoms with Crippen LogP contribution in [-0.4, -0.2) is 18.6 Å². The fraction of sp³-hybridized carbons (Fsp3) is 0.304. The molecular weight excluding hydrogens is 532 g/mol. The number of amides is 1. The molecular formula is C23H20Cl2IN3O. The predicted octanol–water partition coefficient (Wildman–Crippen LogP) is 6.21. The number of halogens is 3. The van der Waals surface area contributed by atoms with Gasteiger partial charge in [0.25, 0.3) is 0 Å². The molecule has 5 rings (SSSR count). The number of fused-ring (bicyclic) bond motifs is 2. The van der Waals surface area contributed by atoms with Gasteiger partial charge in [-0.1, -0.05) is 41.4 Å². The van der Waals surface area contributed by atoms with Crippen LogP contribution in [0.2, 0.25) is 10.0 Å². The van der Waals surface area contributed by atoms with E-state index in [-0.39, 0.29) is 11.9 Å². The summed E-state index contributed by atoms with van der Waals surface area (Å²) in [7, 11) is 0. The topological polar surface area (TPSA) is 38.1 Å². The van der Waals surface area contributed by atoms with E-state index in [1.807, 2.05) is 9.18 Å². The lowest BCUT2D eigenvalue weighted by Crippen LogP contribution is -2.26. The molecule has 1 amide bonds. The summed E-state index contributed by atoms with van der Waals surface area (Å²) in [5, 5.41) is 0.978. The normalized spacial score (nSPS) is 17.1. The van der Waals surface area contributed by atoms with Gasteiger partial charge in [0.2, 0.25) is 5.91 Å². The van der Waals surface area contributed by atoms with Crippen molar-refractivity contribution in [1.29, 1.82) is 0 Å². The van der Waals surface area contributed by atoms with Crippen LogP contribution < -0.4 is 0 Å². The van der Waals surface area contributed by atoms with Crippen LogP contribution in [0.3, 0.4) is 0 Å². The molecule has 0 radical (unpaired) electrons. The van der Waals surface area contributed by atoms with Crippen molar-refractivity contribution in [2.24, 2.45) is 0 Å². The third-order valence-electron chi connectivity index (χ3n) is 6.00. The van der Waals surface area contributed by atoms with E-state index in [9.17, 15) is 4.79 Å². The first-order chi connectivity index (χ1) is 14.5. The number of carbonyl (C=O) groups is 1. The molecule has 0 N–H and O–H groups in total. The molecule has 0 spiro atoms. The molecule has 1 atom stereocenters. The first kappa shape index (κ1) is 20.3. The standard InChI is InChI=1S/C23H20Cl2IN3O/c24-18-7-3-14(10-19(18)25)11-23(30)29(26)21-8-6-15-4-5-16(12-17(15)21)20-13-28-9-1-2-22(28)27-20/h3-5,7,10,12-13,21H,1-2,6,8-9,11H2/t21-/m1/s1. The minimum absolute atomic E-state index is 0.0678. The maximum absolute atomic E-state index is 13.0. The molecule has 2 aromatic carbocycles. The Labute approximate surface area is 199 Å². The van der Waals surface area contributed by atoms with Gasteiger partial charge >= 0.3 is 0 Å². The Morgan fingerprint density at radius 1 is 1.17 bits per heavy atom. The Balaban J connectivity index is 1.37. The molecule has 30 heavy (non-hydrogen) atoms. The molecule has 0 saturated heterocycles. The number of rotatable bonds is 4. The monoisotopic (exact) mass is 551 g/mol. The third-order valence-corrected chi connectivity index (χ3v) is 7.95. The average Bonchev–Trinajstić information content (AvgIpc) is 3.44. The van der Waals surface area contributed by atoms with Crippen molar-refractivity contribution in [3.8, 4) is 11.3 Å². The zero-order chi connectivity index (χ0) is 20.8. The lowest BCUT2D eigenvalue weighted by molar-refractivity contribution is -0.125. The van der Waals surface area contributed by atoms with E-state index >= 15 is 0 Å². The largest absolute Gasteiger partial charge is 0.334 e. The summed E-state index contributed by atoms with van der Waals surface area (Å²) < 4.78 is 4.11. The first-order valence-electron chi connectivity index (χ1n) is 10.1. The van der Waals surface area contributed by atoms with Crippen LogP contribution in [0, 0.1) is 0 Å². The molecule has 154 valence electrons. The van der Waals surface area contributed by atoms with Crippen LogP contribution in [0.15, 0.2) is 42.6 Å². The summed E-state index contributed by atoms with van der Waals surface area (Å²) in [6.07, 6.45) is 6.62. The second kappa shape index (κ2) is 8.17. The van der Waals surface area contributed by atoms with Crippen LogP contribution in [0.25, 0.3) is 11.3 Å². The number of benzene rings is 2. The van der Waals surface area contributed by atoms with Crippen molar-refractivity contribution in [3.63, 3.8) is 0 Å². The molecule has 1 aliphatic heterocycles. The fourth-order valence-corrected chi connectivity index (χ4v) is 5.51. The predicted molar refractivity (Wildman–Crippen MR) is 128 cm³/mol. The highest BCUT2D eigenvalue weighted by Gasteiger charge is 2.30. The minimum Gasteiger partial charge on any atom is -0.334 e. The lowest BCUT2D eigenvalue weighted by Gasteiger charge is -2.23. The highest BCUT2D eigenvalue weighted by molar-refractivity contribution is 14.1. The van der Waals surface area contributed by atoms with E-state index < -0.39 is 0 Å². The van der Waals surface area contributed by atoms with Crippen molar-refractivity contribution in [1.82, 2.24) is 12.7 Å². The van der Waals surface area contributed by atoms with E-state index in [0.717, 1.165) is 42.6 Å². The Kier molecular flexibility index (Phi) is 5.54. The second-order valence-electron chi connectivity index (χ2n) is 7.94. The van der Waals surface area contributed by atoms with Gasteiger partial charge in [0.15, 0.2) is 0 Å². The van der Waals surface area contributed by atoms with Crippen molar-refractivity contribution in [2.75, 3.05) is 0 Å². The van der Waals surface area contributed by atoms with E-state index in [0.29, 0.717) is 16.5 Å². The van der Waals surface area contributed by atoms with Crippen LogP contribution >= 0.6 is 46.1 Å². The summed E-state index contributed by atoms with van der Waals surface area (Å²) in [5.74, 6) is 1.24. The molecule has 3 aromatic rings. The molecule has 2 aliphatic rings. The van der Waals surface area contributed by atoms with E-state index in [1.54, 1.807) is 12.1 Å². The molecule has 1 aromatic heterocycles. The highest BCUT2D eigenvalue weighted by Crippen LogP contribution is 2.40. The number of hydrogen-bond acceptors (Lipinski definition) is 2. The number of nitrogens with zero attached hydrogens (tertiary/aromatic N) is 3. The Bertz CT molecular complexity index is 1120. The van der Waals surface area contributed by atoms with Crippen molar-refractivity contribution >= 4 is 52.0 Å². The molecule has 1 aliphatic carbocycles. The van der Waals surface area contributed by atoms with E-state index in [4.69, 9.17) is 28.2 Å². The number of aromatic nitrogens is 2. The third kappa shape index (κ3) is 3.76. The first-order valence-corrected chi connectivity index (χ1v) is 11.8.